The first kappa shape index (κ1) is 20.7. The standard InChI is InChI=1S/C26H25N3O2S/c1-17-20(19-7-3-2-4-8-19)9-5-10-21(17)28-22-16-32-24-13-18(14-27-25(22)24)15-29-12-6-11-23(29)26(30)31/h2-5,7-10,13-14,16,23,28H,6,11-12,15H2,1H3,(H,30,31)/t23-/m0/s1. The first-order valence-corrected chi connectivity index (χ1v) is 11.7. The van der Waals surface area contributed by atoms with E-state index in [0.29, 0.717) is 6.54 Å². The van der Waals surface area contributed by atoms with Crippen molar-refractivity contribution in [3.63, 3.8) is 0 Å². The highest BCUT2D eigenvalue weighted by atomic mass is 32.1. The van der Waals surface area contributed by atoms with Crippen LogP contribution in [0.3, 0.4) is 0 Å². The maximum atomic E-state index is 11.5. The summed E-state index contributed by atoms with van der Waals surface area (Å²) in [6.45, 7) is 3.59. The molecule has 1 saturated heterocycles. The van der Waals surface area contributed by atoms with E-state index in [1.165, 1.54) is 16.7 Å². The number of hydrogen-bond donors (Lipinski definition) is 2. The van der Waals surface area contributed by atoms with Gasteiger partial charge in [-0.15, -0.1) is 11.3 Å². The van der Waals surface area contributed by atoms with Crippen molar-refractivity contribution in [1.82, 2.24) is 9.88 Å². The summed E-state index contributed by atoms with van der Waals surface area (Å²) in [6.07, 6.45) is 3.53. The van der Waals surface area contributed by atoms with Crippen molar-refractivity contribution >= 4 is 38.9 Å². The van der Waals surface area contributed by atoms with E-state index in [1.807, 2.05) is 17.2 Å². The fourth-order valence-electron chi connectivity index (χ4n) is 4.51. The summed E-state index contributed by atoms with van der Waals surface area (Å²) in [5.41, 5.74) is 7.68. The lowest BCUT2D eigenvalue weighted by Gasteiger charge is -2.20. The van der Waals surface area contributed by atoms with Crippen LogP contribution in [0.15, 0.2) is 66.2 Å². The third-order valence-corrected chi connectivity index (χ3v) is 7.11. The number of pyridine rings is 1. The van der Waals surface area contributed by atoms with E-state index in [9.17, 15) is 9.90 Å². The smallest absolute Gasteiger partial charge is 0.320 e. The van der Waals surface area contributed by atoms with Crippen molar-refractivity contribution in [2.45, 2.75) is 32.4 Å². The van der Waals surface area contributed by atoms with Gasteiger partial charge < -0.3 is 10.4 Å². The topological polar surface area (TPSA) is 65.5 Å². The Hall–Kier alpha value is -3.22. The van der Waals surface area contributed by atoms with Crippen molar-refractivity contribution in [1.29, 1.82) is 0 Å². The van der Waals surface area contributed by atoms with Crippen molar-refractivity contribution in [2.24, 2.45) is 0 Å². The second-order valence-corrected chi connectivity index (χ2v) is 9.19. The molecule has 0 unspecified atom stereocenters. The summed E-state index contributed by atoms with van der Waals surface area (Å²) in [5, 5.41) is 15.1. The predicted molar refractivity (Wildman–Crippen MR) is 131 cm³/mol. The number of hydrogen-bond acceptors (Lipinski definition) is 5. The van der Waals surface area contributed by atoms with E-state index in [1.54, 1.807) is 11.3 Å². The summed E-state index contributed by atoms with van der Waals surface area (Å²) in [5.74, 6) is -0.729. The number of carboxylic acids is 1. The number of thiophene rings is 1. The number of nitrogens with zero attached hydrogens (tertiary/aromatic N) is 2. The molecule has 2 aromatic carbocycles. The first-order chi connectivity index (χ1) is 15.6. The Balaban J connectivity index is 1.39. The zero-order valence-electron chi connectivity index (χ0n) is 17.9. The minimum atomic E-state index is -0.729. The number of carboxylic acid groups (broad SMARTS) is 1. The van der Waals surface area contributed by atoms with E-state index < -0.39 is 5.97 Å². The molecule has 1 fully saturated rings. The molecule has 4 aromatic rings. The number of rotatable bonds is 6. The molecule has 3 heterocycles. The second kappa shape index (κ2) is 8.73. The molecule has 1 aliphatic rings. The Labute approximate surface area is 191 Å². The molecule has 6 heteroatoms. The largest absolute Gasteiger partial charge is 0.480 e. The number of aromatic nitrogens is 1. The Morgan fingerprint density at radius 2 is 2.03 bits per heavy atom. The van der Waals surface area contributed by atoms with Crippen LogP contribution in [0.25, 0.3) is 21.3 Å². The molecule has 162 valence electrons. The van der Waals surface area contributed by atoms with Gasteiger partial charge in [-0.1, -0.05) is 42.5 Å². The van der Waals surface area contributed by atoms with Crippen LogP contribution in [0.2, 0.25) is 0 Å². The molecule has 0 saturated carbocycles. The molecule has 32 heavy (non-hydrogen) atoms. The highest BCUT2D eigenvalue weighted by molar-refractivity contribution is 7.17. The molecule has 5 rings (SSSR count). The lowest BCUT2D eigenvalue weighted by molar-refractivity contribution is -0.142. The molecule has 1 atom stereocenters. The Morgan fingerprint density at radius 3 is 2.84 bits per heavy atom. The monoisotopic (exact) mass is 443 g/mol. The maximum absolute atomic E-state index is 11.5. The highest BCUT2D eigenvalue weighted by Gasteiger charge is 2.30. The zero-order valence-corrected chi connectivity index (χ0v) is 18.7. The minimum Gasteiger partial charge on any atom is -0.480 e. The SMILES string of the molecule is Cc1c(Nc2csc3cc(CN4CCC[C@H]4C(=O)O)cnc23)cccc1-c1ccccc1. The van der Waals surface area contributed by atoms with Gasteiger partial charge in [0.05, 0.1) is 10.4 Å². The lowest BCUT2D eigenvalue weighted by Crippen LogP contribution is -2.35. The average molecular weight is 444 g/mol. The van der Waals surface area contributed by atoms with Gasteiger partial charge in [-0.2, -0.15) is 0 Å². The van der Waals surface area contributed by atoms with Crippen LogP contribution in [0, 0.1) is 6.92 Å². The van der Waals surface area contributed by atoms with E-state index in [-0.39, 0.29) is 6.04 Å². The van der Waals surface area contributed by atoms with E-state index in [4.69, 9.17) is 4.98 Å². The predicted octanol–water partition coefficient (Wildman–Crippen LogP) is 6.06. The molecule has 2 N–H and O–H groups in total. The summed E-state index contributed by atoms with van der Waals surface area (Å²) < 4.78 is 1.10. The molecule has 0 amide bonds. The van der Waals surface area contributed by atoms with Crippen molar-refractivity contribution in [3.05, 3.63) is 77.3 Å². The summed E-state index contributed by atoms with van der Waals surface area (Å²) in [4.78, 5) is 18.2. The average Bonchev–Trinajstić information content (AvgIpc) is 3.43. The van der Waals surface area contributed by atoms with Gasteiger partial charge in [0, 0.05) is 23.8 Å². The number of carbonyl (C=O) groups is 1. The summed E-state index contributed by atoms with van der Waals surface area (Å²) in [7, 11) is 0. The van der Waals surface area contributed by atoms with Gasteiger partial charge in [-0.3, -0.25) is 14.7 Å². The van der Waals surface area contributed by atoms with Crippen LogP contribution < -0.4 is 5.32 Å². The highest BCUT2D eigenvalue weighted by Crippen LogP contribution is 2.35. The lowest BCUT2D eigenvalue weighted by atomic mass is 9.99. The molecule has 1 aliphatic heterocycles. The molecule has 0 spiro atoms. The number of anilines is 2. The second-order valence-electron chi connectivity index (χ2n) is 8.28. The fourth-order valence-corrected chi connectivity index (χ4v) is 5.42. The maximum Gasteiger partial charge on any atom is 0.320 e. The number of benzene rings is 2. The van der Waals surface area contributed by atoms with Crippen molar-refractivity contribution < 1.29 is 9.90 Å². The van der Waals surface area contributed by atoms with E-state index >= 15 is 0 Å². The van der Waals surface area contributed by atoms with Gasteiger partial charge in [-0.05, 0) is 60.7 Å². The van der Waals surface area contributed by atoms with Gasteiger partial charge in [0.1, 0.15) is 11.6 Å². The molecular formula is C26H25N3O2S. The summed E-state index contributed by atoms with van der Waals surface area (Å²) in [6, 6.07) is 18.5. The van der Waals surface area contributed by atoms with E-state index in [0.717, 1.165) is 46.5 Å². The minimum absolute atomic E-state index is 0.383. The third-order valence-electron chi connectivity index (χ3n) is 6.19. The van der Waals surface area contributed by atoms with Gasteiger partial charge >= 0.3 is 5.97 Å². The number of likely N-dealkylation sites (tertiary alicyclic amines) is 1. The molecule has 2 aromatic heterocycles. The first-order valence-electron chi connectivity index (χ1n) is 10.8. The quantitative estimate of drug-likeness (QED) is 0.379. The van der Waals surface area contributed by atoms with Crippen molar-refractivity contribution in [3.8, 4) is 11.1 Å². The molecule has 0 bridgehead atoms. The van der Waals surface area contributed by atoms with Crippen LogP contribution in [-0.2, 0) is 11.3 Å². The van der Waals surface area contributed by atoms with Crippen molar-refractivity contribution in [2.75, 3.05) is 11.9 Å². The summed E-state index contributed by atoms with van der Waals surface area (Å²) >= 11 is 1.66. The fraction of sp³-hybridized carbons (Fsp3) is 0.231. The van der Waals surface area contributed by atoms with Gasteiger partial charge in [0.2, 0.25) is 0 Å². The number of nitrogens with one attached hydrogen (secondary N) is 1. The Kier molecular flexibility index (Phi) is 5.64. The normalized spacial score (nSPS) is 16.5. The number of fused-ring (bicyclic) bond motifs is 1. The molecule has 0 radical (unpaired) electrons. The van der Waals surface area contributed by atoms with Crippen LogP contribution in [-0.4, -0.2) is 33.5 Å². The number of aliphatic carboxylic acids is 1. The van der Waals surface area contributed by atoms with Gasteiger partial charge in [-0.25, -0.2) is 0 Å². The van der Waals surface area contributed by atoms with Gasteiger partial charge in [0.15, 0.2) is 0 Å². The third kappa shape index (κ3) is 3.99. The zero-order chi connectivity index (χ0) is 22.1. The molecule has 5 nitrogen and oxygen atoms in total. The van der Waals surface area contributed by atoms with Gasteiger partial charge in [0.25, 0.3) is 0 Å². The van der Waals surface area contributed by atoms with Crippen LogP contribution in [0.1, 0.15) is 24.0 Å². The van der Waals surface area contributed by atoms with E-state index in [2.05, 4.69) is 66.2 Å². The van der Waals surface area contributed by atoms with Crippen LogP contribution in [0.4, 0.5) is 11.4 Å². The molecular weight excluding hydrogens is 418 g/mol. The Bertz CT molecular complexity index is 1270. The Morgan fingerprint density at radius 1 is 1.19 bits per heavy atom. The molecule has 0 aliphatic carbocycles. The van der Waals surface area contributed by atoms with Crippen LogP contribution >= 0.6 is 11.3 Å². The van der Waals surface area contributed by atoms with Crippen LogP contribution in [0.5, 0.6) is 0 Å².